The second kappa shape index (κ2) is 5.05. The first-order chi connectivity index (χ1) is 9.56. The predicted octanol–water partition coefficient (Wildman–Crippen LogP) is 3.00. The van der Waals surface area contributed by atoms with Crippen molar-refractivity contribution >= 4 is 0 Å². The van der Waals surface area contributed by atoms with E-state index in [0.29, 0.717) is 17.1 Å². The maximum atomic E-state index is 10.2. The third-order valence-electron chi connectivity index (χ3n) is 5.24. The molecule has 1 aromatic rings. The lowest BCUT2D eigenvalue weighted by Crippen LogP contribution is -2.28. The number of benzene rings is 1. The number of aliphatic hydroxyl groups is 1. The van der Waals surface area contributed by atoms with Gasteiger partial charge in [0.1, 0.15) is 5.75 Å². The van der Waals surface area contributed by atoms with Gasteiger partial charge in [0.25, 0.3) is 0 Å². The van der Waals surface area contributed by atoms with Gasteiger partial charge < -0.3 is 15.5 Å². The van der Waals surface area contributed by atoms with E-state index in [4.69, 9.17) is 5.11 Å². The van der Waals surface area contributed by atoms with Crippen LogP contribution in [0.3, 0.4) is 0 Å². The molecule has 110 valence electrons. The van der Waals surface area contributed by atoms with Gasteiger partial charge in [-0.15, -0.1) is 0 Å². The summed E-state index contributed by atoms with van der Waals surface area (Å²) in [6.45, 7) is 5.61. The minimum Gasteiger partial charge on any atom is -0.508 e. The molecule has 2 aliphatic rings. The number of phenolic OH excluding ortho intramolecular Hbond substituents is 1. The molecule has 3 rings (SSSR count). The molecule has 0 saturated heterocycles. The van der Waals surface area contributed by atoms with Crippen molar-refractivity contribution in [1.82, 2.24) is 5.32 Å². The normalized spacial score (nSPS) is 26.6. The van der Waals surface area contributed by atoms with Crippen LogP contribution >= 0.6 is 0 Å². The van der Waals surface area contributed by atoms with Crippen LogP contribution in [0.15, 0.2) is 12.1 Å². The summed E-state index contributed by atoms with van der Waals surface area (Å²) in [5.74, 6) is 0.932. The number of aromatic hydroxyl groups is 1. The average Bonchev–Trinajstić information content (AvgIpc) is 3.09. The highest BCUT2D eigenvalue weighted by molar-refractivity contribution is 5.50. The molecule has 2 atom stereocenters. The molecule has 0 radical (unpaired) electrons. The van der Waals surface area contributed by atoms with Crippen molar-refractivity contribution in [2.75, 3.05) is 13.2 Å². The van der Waals surface area contributed by atoms with Crippen LogP contribution in [-0.4, -0.2) is 23.4 Å². The fourth-order valence-electron chi connectivity index (χ4n) is 3.80. The van der Waals surface area contributed by atoms with Gasteiger partial charge >= 0.3 is 0 Å². The first-order valence-corrected chi connectivity index (χ1v) is 7.73. The SMILES string of the molecule is Cc1ccc(O)c2c1C(C)CC2NCC1(CCO)CC1. The number of aliphatic hydroxyl groups excluding tert-OH is 1. The van der Waals surface area contributed by atoms with Gasteiger partial charge in [-0.05, 0) is 61.1 Å². The van der Waals surface area contributed by atoms with Crippen molar-refractivity contribution in [1.29, 1.82) is 0 Å². The van der Waals surface area contributed by atoms with Crippen LogP contribution in [0.25, 0.3) is 0 Å². The fraction of sp³-hybridized carbons (Fsp3) is 0.647. The molecule has 2 unspecified atom stereocenters. The largest absolute Gasteiger partial charge is 0.508 e. The Kier molecular flexibility index (Phi) is 3.51. The summed E-state index contributed by atoms with van der Waals surface area (Å²) in [6, 6.07) is 4.10. The zero-order valence-corrected chi connectivity index (χ0v) is 12.4. The van der Waals surface area contributed by atoms with Crippen LogP contribution < -0.4 is 5.32 Å². The highest BCUT2D eigenvalue weighted by Crippen LogP contribution is 2.50. The van der Waals surface area contributed by atoms with E-state index in [2.05, 4.69) is 19.2 Å². The topological polar surface area (TPSA) is 52.5 Å². The Bertz CT molecular complexity index is 508. The minimum absolute atomic E-state index is 0.260. The Morgan fingerprint density at radius 2 is 2.05 bits per heavy atom. The molecule has 20 heavy (non-hydrogen) atoms. The van der Waals surface area contributed by atoms with Crippen LogP contribution in [0.1, 0.15) is 61.3 Å². The number of fused-ring (bicyclic) bond motifs is 1. The van der Waals surface area contributed by atoms with Gasteiger partial charge in [-0.3, -0.25) is 0 Å². The predicted molar refractivity (Wildman–Crippen MR) is 80.0 cm³/mol. The molecule has 0 aromatic heterocycles. The van der Waals surface area contributed by atoms with Gasteiger partial charge in [-0.1, -0.05) is 13.0 Å². The summed E-state index contributed by atoms with van der Waals surface area (Å²) in [6.07, 6.45) is 4.39. The van der Waals surface area contributed by atoms with Gasteiger partial charge in [0.2, 0.25) is 0 Å². The van der Waals surface area contributed by atoms with E-state index in [0.717, 1.165) is 24.9 Å². The highest BCUT2D eigenvalue weighted by Gasteiger charge is 2.43. The van der Waals surface area contributed by atoms with E-state index >= 15 is 0 Å². The lowest BCUT2D eigenvalue weighted by atomic mass is 9.97. The molecule has 0 amide bonds. The first-order valence-electron chi connectivity index (χ1n) is 7.73. The summed E-state index contributed by atoms with van der Waals surface area (Å²) in [7, 11) is 0. The molecule has 3 nitrogen and oxygen atoms in total. The number of nitrogens with one attached hydrogen (secondary N) is 1. The third kappa shape index (κ3) is 2.33. The van der Waals surface area contributed by atoms with Crippen molar-refractivity contribution in [3.63, 3.8) is 0 Å². The van der Waals surface area contributed by atoms with Crippen molar-refractivity contribution in [2.24, 2.45) is 5.41 Å². The van der Waals surface area contributed by atoms with E-state index < -0.39 is 0 Å². The quantitative estimate of drug-likeness (QED) is 0.774. The molecule has 0 spiro atoms. The number of phenols is 1. The number of aryl methyl sites for hydroxylation is 1. The lowest BCUT2D eigenvalue weighted by Gasteiger charge is -2.20. The molecule has 1 fully saturated rings. The highest BCUT2D eigenvalue weighted by atomic mass is 16.3. The Labute approximate surface area is 121 Å². The van der Waals surface area contributed by atoms with Gasteiger partial charge in [0, 0.05) is 24.8 Å². The van der Waals surface area contributed by atoms with Gasteiger partial charge in [0.05, 0.1) is 0 Å². The van der Waals surface area contributed by atoms with Crippen molar-refractivity contribution in [2.45, 2.75) is 51.5 Å². The van der Waals surface area contributed by atoms with Crippen LogP contribution in [0.4, 0.5) is 0 Å². The monoisotopic (exact) mass is 275 g/mol. The summed E-state index contributed by atoms with van der Waals surface area (Å²) in [5.41, 5.74) is 4.04. The van der Waals surface area contributed by atoms with E-state index in [1.165, 1.54) is 24.0 Å². The Balaban J connectivity index is 1.76. The Hall–Kier alpha value is -1.06. The molecule has 1 saturated carbocycles. The third-order valence-corrected chi connectivity index (χ3v) is 5.24. The lowest BCUT2D eigenvalue weighted by molar-refractivity contribution is 0.241. The molecule has 2 aliphatic carbocycles. The smallest absolute Gasteiger partial charge is 0.120 e. The minimum atomic E-state index is 0.260. The molecule has 1 aromatic carbocycles. The second-order valence-electron chi connectivity index (χ2n) is 6.77. The van der Waals surface area contributed by atoms with Crippen molar-refractivity contribution in [3.05, 3.63) is 28.8 Å². The zero-order valence-electron chi connectivity index (χ0n) is 12.4. The van der Waals surface area contributed by atoms with Crippen LogP contribution in [0.5, 0.6) is 5.75 Å². The fourth-order valence-corrected chi connectivity index (χ4v) is 3.80. The summed E-state index contributed by atoms with van der Waals surface area (Å²) >= 11 is 0. The second-order valence-corrected chi connectivity index (χ2v) is 6.77. The number of hydrogen-bond acceptors (Lipinski definition) is 3. The van der Waals surface area contributed by atoms with Gasteiger partial charge in [-0.25, -0.2) is 0 Å². The van der Waals surface area contributed by atoms with E-state index in [9.17, 15) is 5.11 Å². The molecular formula is C17H25NO2. The van der Waals surface area contributed by atoms with Crippen LogP contribution in [0.2, 0.25) is 0 Å². The van der Waals surface area contributed by atoms with Crippen LogP contribution in [-0.2, 0) is 0 Å². The zero-order chi connectivity index (χ0) is 14.3. The molecule has 0 bridgehead atoms. The molecular weight excluding hydrogens is 250 g/mol. The summed E-state index contributed by atoms with van der Waals surface area (Å²) in [4.78, 5) is 0. The van der Waals surface area contributed by atoms with Gasteiger partial charge in [0.15, 0.2) is 0 Å². The van der Waals surface area contributed by atoms with E-state index in [-0.39, 0.29) is 12.6 Å². The number of hydrogen-bond donors (Lipinski definition) is 3. The molecule has 0 aliphatic heterocycles. The first kappa shape index (κ1) is 13.9. The summed E-state index contributed by atoms with van der Waals surface area (Å²) in [5, 5.41) is 23.0. The van der Waals surface area contributed by atoms with Gasteiger partial charge in [-0.2, -0.15) is 0 Å². The van der Waals surface area contributed by atoms with E-state index in [1.807, 2.05) is 12.1 Å². The Morgan fingerprint density at radius 1 is 1.30 bits per heavy atom. The van der Waals surface area contributed by atoms with Crippen molar-refractivity contribution < 1.29 is 10.2 Å². The van der Waals surface area contributed by atoms with Crippen LogP contribution in [0, 0.1) is 12.3 Å². The molecule has 0 heterocycles. The maximum absolute atomic E-state index is 10.2. The van der Waals surface area contributed by atoms with Crippen molar-refractivity contribution in [3.8, 4) is 5.75 Å². The molecule has 3 heteroatoms. The maximum Gasteiger partial charge on any atom is 0.120 e. The molecule has 3 N–H and O–H groups in total. The van der Waals surface area contributed by atoms with E-state index in [1.54, 1.807) is 0 Å². The average molecular weight is 275 g/mol. The number of rotatable bonds is 5. The summed E-state index contributed by atoms with van der Waals surface area (Å²) < 4.78 is 0. The Morgan fingerprint density at radius 3 is 2.70 bits per heavy atom. The standard InChI is InChI=1S/C17H25NO2/c1-11-3-4-14(20)16-13(9-12(2)15(11)16)18-10-17(5-6-17)7-8-19/h3-4,12-13,18-20H,5-10H2,1-2H3.